The molecule has 1 amide bonds. The first-order valence-electron chi connectivity index (χ1n) is 6.18. The lowest BCUT2D eigenvalue weighted by Crippen LogP contribution is -2.41. The van der Waals surface area contributed by atoms with Gasteiger partial charge < -0.3 is 21.5 Å². The summed E-state index contributed by atoms with van der Waals surface area (Å²) >= 11 is 0. The Morgan fingerprint density at radius 3 is 2.83 bits per heavy atom. The number of benzene rings is 1. The first-order valence-corrected chi connectivity index (χ1v) is 6.18. The van der Waals surface area contributed by atoms with Crippen LogP contribution in [0.15, 0.2) is 18.2 Å². The quantitative estimate of drug-likeness (QED) is 0.687. The van der Waals surface area contributed by atoms with Crippen molar-refractivity contribution in [1.29, 1.82) is 0 Å². The van der Waals surface area contributed by atoms with Gasteiger partial charge in [-0.15, -0.1) is 0 Å². The Labute approximate surface area is 106 Å². The van der Waals surface area contributed by atoms with Crippen molar-refractivity contribution in [2.24, 2.45) is 5.73 Å². The van der Waals surface area contributed by atoms with E-state index in [0.29, 0.717) is 29.1 Å². The number of nitrogens with one attached hydrogen (secondary N) is 1. The van der Waals surface area contributed by atoms with Crippen molar-refractivity contribution in [3.8, 4) is 0 Å². The molecule has 0 saturated heterocycles. The molecular weight excluding hydrogens is 230 g/mol. The van der Waals surface area contributed by atoms with E-state index < -0.39 is 5.91 Å². The van der Waals surface area contributed by atoms with E-state index in [2.05, 4.69) is 5.32 Å². The maximum absolute atomic E-state index is 11.3. The highest BCUT2D eigenvalue weighted by Gasteiger charge is 2.30. The number of hydrogen-bond acceptors (Lipinski definition) is 4. The summed E-state index contributed by atoms with van der Waals surface area (Å²) in [5.74, 6) is -0.467. The third-order valence-electron chi connectivity index (χ3n) is 3.21. The number of anilines is 2. The van der Waals surface area contributed by atoms with Gasteiger partial charge in [-0.05, 0) is 31.9 Å². The standard InChI is InChI=1S/C13H19N3O2/c1-2-18-9-6-8(7-9)16-12-10(13(15)17)4-3-5-11(12)14/h3-5,8-9,16H,2,6-7,14H2,1H3,(H2,15,17). The fourth-order valence-corrected chi connectivity index (χ4v) is 2.20. The Bertz CT molecular complexity index is 442. The van der Waals surface area contributed by atoms with E-state index in [1.807, 2.05) is 6.92 Å². The SMILES string of the molecule is CCOC1CC(Nc2c(N)cccc2C(N)=O)C1. The van der Waals surface area contributed by atoms with E-state index in [-0.39, 0.29) is 0 Å². The van der Waals surface area contributed by atoms with E-state index in [1.54, 1.807) is 18.2 Å². The third kappa shape index (κ3) is 2.56. The van der Waals surface area contributed by atoms with Crippen LogP contribution in [-0.4, -0.2) is 24.7 Å². The second-order valence-electron chi connectivity index (χ2n) is 4.52. The first-order chi connectivity index (χ1) is 8.61. The molecule has 5 nitrogen and oxygen atoms in total. The molecule has 1 fully saturated rings. The molecule has 0 aliphatic heterocycles. The number of hydrogen-bond donors (Lipinski definition) is 3. The molecule has 5 N–H and O–H groups in total. The zero-order chi connectivity index (χ0) is 13.1. The van der Waals surface area contributed by atoms with Crippen LogP contribution in [0.5, 0.6) is 0 Å². The summed E-state index contributed by atoms with van der Waals surface area (Å²) in [5, 5.41) is 3.28. The number of para-hydroxylation sites is 1. The van der Waals surface area contributed by atoms with Gasteiger partial charge in [0.05, 0.1) is 23.0 Å². The number of ether oxygens (including phenoxy) is 1. The molecule has 1 aliphatic carbocycles. The van der Waals surface area contributed by atoms with E-state index in [9.17, 15) is 4.79 Å². The highest BCUT2D eigenvalue weighted by Crippen LogP contribution is 2.31. The van der Waals surface area contributed by atoms with Crippen molar-refractivity contribution in [2.45, 2.75) is 31.9 Å². The second-order valence-corrected chi connectivity index (χ2v) is 4.52. The molecule has 2 rings (SSSR count). The van der Waals surface area contributed by atoms with Crippen LogP contribution >= 0.6 is 0 Å². The summed E-state index contributed by atoms with van der Waals surface area (Å²) in [6, 6.07) is 5.46. The topological polar surface area (TPSA) is 90.4 Å². The molecule has 1 saturated carbocycles. The Balaban J connectivity index is 2.04. The number of primary amides is 1. The minimum absolute atomic E-state index is 0.296. The van der Waals surface area contributed by atoms with Gasteiger partial charge >= 0.3 is 0 Å². The summed E-state index contributed by atoms with van der Waals surface area (Å²) < 4.78 is 5.49. The van der Waals surface area contributed by atoms with Crippen molar-refractivity contribution in [2.75, 3.05) is 17.7 Å². The molecule has 0 aromatic heterocycles. The van der Waals surface area contributed by atoms with Gasteiger partial charge in [0, 0.05) is 12.6 Å². The molecule has 1 aliphatic rings. The lowest BCUT2D eigenvalue weighted by Gasteiger charge is -2.36. The minimum atomic E-state index is -0.467. The fourth-order valence-electron chi connectivity index (χ4n) is 2.20. The number of carbonyl (C=O) groups is 1. The second kappa shape index (κ2) is 5.27. The van der Waals surface area contributed by atoms with Gasteiger partial charge in [0.1, 0.15) is 0 Å². The maximum atomic E-state index is 11.3. The largest absolute Gasteiger partial charge is 0.397 e. The number of nitrogens with two attached hydrogens (primary N) is 2. The van der Waals surface area contributed by atoms with E-state index in [1.165, 1.54) is 0 Å². The minimum Gasteiger partial charge on any atom is -0.397 e. The molecule has 0 spiro atoms. The van der Waals surface area contributed by atoms with Crippen LogP contribution < -0.4 is 16.8 Å². The molecule has 0 radical (unpaired) electrons. The zero-order valence-corrected chi connectivity index (χ0v) is 10.5. The Morgan fingerprint density at radius 2 is 2.22 bits per heavy atom. The summed E-state index contributed by atoms with van der Waals surface area (Å²) in [7, 11) is 0. The van der Waals surface area contributed by atoms with Crippen molar-refractivity contribution < 1.29 is 9.53 Å². The zero-order valence-electron chi connectivity index (χ0n) is 10.5. The smallest absolute Gasteiger partial charge is 0.250 e. The van der Waals surface area contributed by atoms with Gasteiger partial charge in [0.2, 0.25) is 0 Å². The predicted octanol–water partition coefficient (Wildman–Crippen LogP) is 1.35. The molecule has 0 bridgehead atoms. The van der Waals surface area contributed by atoms with Gasteiger partial charge in [0.25, 0.3) is 5.91 Å². The number of carbonyl (C=O) groups excluding carboxylic acids is 1. The van der Waals surface area contributed by atoms with Crippen LogP contribution in [-0.2, 0) is 4.74 Å². The van der Waals surface area contributed by atoms with Crippen LogP contribution in [0.2, 0.25) is 0 Å². The van der Waals surface area contributed by atoms with Gasteiger partial charge in [-0.25, -0.2) is 0 Å². The van der Waals surface area contributed by atoms with Crippen molar-refractivity contribution in [3.05, 3.63) is 23.8 Å². The van der Waals surface area contributed by atoms with Gasteiger partial charge in [-0.2, -0.15) is 0 Å². The Kier molecular flexibility index (Phi) is 3.72. The molecule has 0 unspecified atom stereocenters. The molecule has 1 aromatic rings. The maximum Gasteiger partial charge on any atom is 0.250 e. The number of rotatable bonds is 5. The Morgan fingerprint density at radius 1 is 1.50 bits per heavy atom. The van der Waals surface area contributed by atoms with Crippen LogP contribution in [0.25, 0.3) is 0 Å². The van der Waals surface area contributed by atoms with Crippen molar-refractivity contribution in [3.63, 3.8) is 0 Å². The van der Waals surface area contributed by atoms with Crippen molar-refractivity contribution in [1.82, 2.24) is 0 Å². The molecule has 0 heterocycles. The molecule has 98 valence electrons. The van der Waals surface area contributed by atoms with Crippen LogP contribution in [0.3, 0.4) is 0 Å². The summed E-state index contributed by atoms with van der Waals surface area (Å²) in [6.45, 7) is 2.72. The van der Waals surface area contributed by atoms with Crippen molar-refractivity contribution >= 4 is 17.3 Å². The first kappa shape index (κ1) is 12.7. The molecular formula is C13H19N3O2. The highest BCUT2D eigenvalue weighted by molar-refractivity contribution is 6.01. The van der Waals surface area contributed by atoms with Crippen LogP contribution in [0, 0.1) is 0 Å². The number of nitrogen functional groups attached to an aromatic ring is 1. The predicted molar refractivity (Wildman–Crippen MR) is 71.4 cm³/mol. The lowest BCUT2D eigenvalue weighted by atomic mass is 9.88. The summed E-state index contributed by atoms with van der Waals surface area (Å²) in [6.07, 6.45) is 2.18. The van der Waals surface area contributed by atoms with Gasteiger partial charge in [-0.3, -0.25) is 4.79 Å². The average Bonchev–Trinajstić information content (AvgIpc) is 2.28. The molecule has 0 atom stereocenters. The summed E-state index contributed by atoms with van der Waals surface area (Å²) in [4.78, 5) is 11.3. The Hall–Kier alpha value is -1.75. The van der Waals surface area contributed by atoms with E-state index in [0.717, 1.165) is 19.4 Å². The summed E-state index contributed by atoms with van der Waals surface area (Å²) in [5.41, 5.74) is 12.8. The fraction of sp³-hybridized carbons (Fsp3) is 0.462. The van der Waals surface area contributed by atoms with E-state index in [4.69, 9.17) is 16.2 Å². The molecule has 18 heavy (non-hydrogen) atoms. The third-order valence-corrected chi connectivity index (χ3v) is 3.21. The highest BCUT2D eigenvalue weighted by atomic mass is 16.5. The monoisotopic (exact) mass is 249 g/mol. The van der Waals surface area contributed by atoms with Gasteiger partial charge in [0.15, 0.2) is 0 Å². The van der Waals surface area contributed by atoms with Crippen LogP contribution in [0.1, 0.15) is 30.1 Å². The van der Waals surface area contributed by atoms with Gasteiger partial charge in [-0.1, -0.05) is 6.07 Å². The van der Waals surface area contributed by atoms with E-state index >= 15 is 0 Å². The number of amides is 1. The molecule has 1 aromatic carbocycles. The molecule has 5 heteroatoms. The normalized spacial score (nSPS) is 22.3. The lowest BCUT2D eigenvalue weighted by molar-refractivity contribution is 0.00300. The van der Waals surface area contributed by atoms with Crippen LogP contribution in [0.4, 0.5) is 11.4 Å². The average molecular weight is 249 g/mol.